The van der Waals surface area contributed by atoms with Gasteiger partial charge in [0, 0.05) is 35.5 Å². The molecule has 0 aliphatic carbocycles. The lowest BCUT2D eigenvalue weighted by atomic mass is 10.5. The lowest BCUT2D eigenvalue weighted by molar-refractivity contribution is -0.133. The third-order valence-electron chi connectivity index (χ3n) is 2.02. The molecule has 0 spiro atoms. The van der Waals surface area contributed by atoms with Crippen molar-refractivity contribution in [1.82, 2.24) is 9.55 Å². The van der Waals surface area contributed by atoms with Crippen LogP contribution in [0.5, 0.6) is 0 Å². The summed E-state index contributed by atoms with van der Waals surface area (Å²) in [6, 6.07) is 0. The molecule has 0 aliphatic heterocycles. The molecule has 0 aromatic carbocycles. The maximum absolute atomic E-state index is 10.9. The van der Waals surface area contributed by atoms with Crippen LogP contribution in [0.15, 0.2) is 11.4 Å². The van der Waals surface area contributed by atoms with Crippen LogP contribution in [0.2, 0.25) is 0 Å². The minimum absolute atomic E-state index is 0.0101. The van der Waals surface area contributed by atoms with Gasteiger partial charge in [0.15, 0.2) is 5.16 Å². The zero-order chi connectivity index (χ0) is 12.8. The van der Waals surface area contributed by atoms with Gasteiger partial charge in [0.25, 0.3) is 0 Å². The number of imidazole rings is 1. The summed E-state index contributed by atoms with van der Waals surface area (Å²) < 4.78 is 12.9. The quantitative estimate of drug-likeness (QED) is 0.756. The van der Waals surface area contributed by atoms with Crippen LogP contribution in [0.3, 0.4) is 0 Å². The van der Waals surface area contributed by atoms with Gasteiger partial charge in [-0.25, -0.2) is 4.98 Å². The number of hydrogen-bond acceptors (Lipinski definition) is 4. The van der Waals surface area contributed by atoms with Crippen molar-refractivity contribution in [2.75, 3.05) is 17.8 Å². The molecule has 1 heterocycles. The first kappa shape index (κ1) is 14.2. The molecule has 1 rings (SSSR count). The third kappa shape index (κ3) is 5.36. The lowest BCUT2D eigenvalue weighted by Gasteiger charge is -2.05. The molecule has 0 bridgehead atoms. The van der Waals surface area contributed by atoms with Gasteiger partial charge < -0.3 is 9.67 Å². The first-order valence-electron chi connectivity index (χ1n) is 5.17. The molecule has 1 unspecified atom stereocenters. The first-order chi connectivity index (χ1) is 7.99. The van der Waals surface area contributed by atoms with Crippen LogP contribution in [-0.4, -0.2) is 42.6 Å². The molecule has 1 atom stereocenters. The number of carbonyl (C=O) groups is 1. The second-order valence-electron chi connectivity index (χ2n) is 3.67. The van der Waals surface area contributed by atoms with E-state index >= 15 is 0 Å². The van der Waals surface area contributed by atoms with Crippen LogP contribution in [0.4, 0.5) is 0 Å². The van der Waals surface area contributed by atoms with Gasteiger partial charge in [-0.15, -0.1) is 0 Å². The smallest absolute Gasteiger partial charge is 0.313 e. The molecule has 5 nitrogen and oxygen atoms in total. The Morgan fingerprint density at radius 1 is 1.65 bits per heavy atom. The number of thioether (sulfide) groups is 1. The Bertz CT molecular complexity index is 418. The maximum atomic E-state index is 10.9. The molecule has 0 radical (unpaired) electrons. The van der Waals surface area contributed by atoms with Gasteiger partial charge >= 0.3 is 5.97 Å². The summed E-state index contributed by atoms with van der Waals surface area (Å²) in [6.45, 7) is 2.60. The maximum Gasteiger partial charge on any atom is 0.313 e. The van der Waals surface area contributed by atoms with E-state index in [4.69, 9.17) is 5.11 Å². The summed E-state index contributed by atoms with van der Waals surface area (Å²) in [5.74, 6) is -0.187. The predicted octanol–water partition coefficient (Wildman–Crippen LogP) is 1.14. The van der Waals surface area contributed by atoms with Gasteiger partial charge in [0.2, 0.25) is 0 Å². The Morgan fingerprint density at radius 3 is 2.94 bits per heavy atom. The Labute approximate surface area is 107 Å². The standard InChI is InChI=1S/C10H16N2O3S2/c1-8-6-12(4-3-5-17(2)15)10(11-8)16-7-9(13)14/h6H,3-5,7H2,1-2H3,(H,13,14). The van der Waals surface area contributed by atoms with Crippen molar-refractivity contribution in [2.45, 2.75) is 25.0 Å². The van der Waals surface area contributed by atoms with Crippen LogP contribution in [0.1, 0.15) is 12.1 Å². The van der Waals surface area contributed by atoms with Crippen molar-refractivity contribution in [3.05, 3.63) is 11.9 Å². The average Bonchev–Trinajstić information content (AvgIpc) is 2.55. The highest BCUT2D eigenvalue weighted by molar-refractivity contribution is 7.99. The van der Waals surface area contributed by atoms with Crippen LogP contribution in [0.25, 0.3) is 0 Å². The van der Waals surface area contributed by atoms with Crippen molar-refractivity contribution in [2.24, 2.45) is 0 Å². The predicted molar refractivity (Wildman–Crippen MR) is 68.9 cm³/mol. The molecule has 0 saturated heterocycles. The van der Waals surface area contributed by atoms with Crippen molar-refractivity contribution in [3.8, 4) is 0 Å². The molecular formula is C10H16N2O3S2. The number of nitrogens with zero attached hydrogens (tertiary/aromatic N) is 2. The zero-order valence-corrected chi connectivity index (χ0v) is 11.5. The molecule has 0 aliphatic rings. The third-order valence-corrected chi connectivity index (χ3v) is 3.85. The highest BCUT2D eigenvalue weighted by Gasteiger charge is 2.08. The summed E-state index contributed by atoms with van der Waals surface area (Å²) in [5.41, 5.74) is 0.871. The van der Waals surface area contributed by atoms with Crippen molar-refractivity contribution >= 4 is 28.5 Å². The largest absolute Gasteiger partial charge is 0.481 e. The molecule has 7 heteroatoms. The lowest BCUT2D eigenvalue weighted by Crippen LogP contribution is -2.05. The number of carboxylic acids is 1. The summed E-state index contributed by atoms with van der Waals surface area (Å²) in [7, 11) is -0.785. The highest BCUT2D eigenvalue weighted by Crippen LogP contribution is 2.17. The Hall–Kier alpha value is -0.820. The minimum Gasteiger partial charge on any atom is -0.481 e. The van der Waals surface area contributed by atoms with Gasteiger partial charge in [0.05, 0.1) is 11.4 Å². The fourth-order valence-electron chi connectivity index (χ4n) is 1.36. The van der Waals surface area contributed by atoms with E-state index in [0.29, 0.717) is 10.9 Å². The molecular weight excluding hydrogens is 260 g/mol. The Balaban J connectivity index is 2.57. The van der Waals surface area contributed by atoms with E-state index in [2.05, 4.69) is 4.98 Å². The number of carboxylic acid groups (broad SMARTS) is 1. The van der Waals surface area contributed by atoms with E-state index in [1.54, 1.807) is 6.26 Å². The first-order valence-corrected chi connectivity index (χ1v) is 7.88. The molecule has 0 amide bonds. The minimum atomic E-state index is -0.850. The molecule has 17 heavy (non-hydrogen) atoms. The number of hydrogen-bond donors (Lipinski definition) is 1. The van der Waals surface area contributed by atoms with E-state index in [1.807, 2.05) is 17.7 Å². The van der Waals surface area contributed by atoms with Gasteiger partial charge in [-0.05, 0) is 13.3 Å². The van der Waals surface area contributed by atoms with E-state index in [1.165, 1.54) is 11.8 Å². The van der Waals surface area contributed by atoms with Gasteiger partial charge in [-0.3, -0.25) is 9.00 Å². The monoisotopic (exact) mass is 276 g/mol. The fourth-order valence-corrected chi connectivity index (χ4v) is 2.67. The highest BCUT2D eigenvalue weighted by atomic mass is 32.2. The van der Waals surface area contributed by atoms with E-state index in [9.17, 15) is 9.00 Å². The van der Waals surface area contributed by atoms with Gasteiger partial charge in [0.1, 0.15) is 0 Å². The number of aromatic nitrogens is 2. The summed E-state index contributed by atoms with van der Waals surface area (Å²) >= 11 is 1.21. The molecule has 1 aromatic heterocycles. The number of aryl methyl sites for hydroxylation is 2. The number of rotatable bonds is 7. The molecule has 1 N–H and O–H groups in total. The summed E-state index contributed by atoms with van der Waals surface area (Å²) in [4.78, 5) is 14.8. The van der Waals surface area contributed by atoms with Gasteiger partial charge in [-0.1, -0.05) is 11.8 Å². The van der Waals surface area contributed by atoms with E-state index in [-0.39, 0.29) is 5.75 Å². The molecule has 0 fully saturated rings. The second kappa shape index (κ2) is 6.80. The summed E-state index contributed by atoms with van der Waals surface area (Å²) in [6.07, 6.45) is 4.38. The van der Waals surface area contributed by atoms with E-state index in [0.717, 1.165) is 18.7 Å². The average molecular weight is 276 g/mol. The van der Waals surface area contributed by atoms with Crippen LogP contribution in [0, 0.1) is 6.92 Å². The molecule has 96 valence electrons. The fraction of sp³-hybridized carbons (Fsp3) is 0.600. The van der Waals surface area contributed by atoms with Crippen LogP contribution >= 0.6 is 11.8 Å². The van der Waals surface area contributed by atoms with Crippen molar-refractivity contribution in [1.29, 1.82) is 0 Å². The second-order valence-corrected chi connectivity index (χ2v) is 6.17. The zero-order valence-electron chi connectivity index (χ0n) is 9.88. The van der Waals surface area contributed by atoms with Crippen LogP contribution < -0.4 is 0 Å². The molecule has 0 saturated carbocycles. The number of aliphatic carboxylic acids is 1. The Kier molecular flexibility index (Phi) is 5.70. The van der Waals surface area contributed by atoms with Crippen molar-refractivity contribution < 1.29 is 14.1 Å². The van der Waals surface area contributed by atoms with Crippen molar-refractivity contribution in [3.63, 3.8) is 0 Å². The molecule has 1 aromatic rings. The van der Waals surface area contributed by atoms with E-state index < -0.39 is 16.8 Å². The summed E-state index contributed by atoms with van der Waals surface area (Å²) in [5, 5.41) is 9.34. The topological polar surface area (TPSA) is 72.2 Å². The van der Waals surface area contributed by atoms with Crippen LogP contribution in [-0.2, 0) is 22.1 Å². The normalized spacial score (nSPS) is 12.6. The Morgan fingerprint density at radius 2 is 2.35 bits per heavy atom. The van der Waals surface area contributed by atoms with Gasteiger partial charge in [-0.2, -0.15) is 0 Å². The SMILES string of the molecule is Cc1cn(CCCS(C)=O)c(SCC(=O)O)n1.